The molecular formula is C25H30N4O4S. The van der Waals surface area contributed by atoms with Crippen LogP contribution in [-0.2, 0) is 17.8 Å². The lowest BCUT2D eigenvalue weighted by molar-refractivity contribution is -0.122. The summed E-state index contributed by atoms with van der Waals surface area (Å²) in [6, 6.07) is 7.35. The number of hydrogen-bond acceptors (Lipinski definition) is 5. The molecule has 9 heteroatoms. The van der Waals surface area contributed by atoms with Gasteiger partial charge in [0.15, 0.2) is 0 Å². The Labute approximate surface area is 201 Å². The predicted octanol–water partition coefficient (Wildman–Crippen LogP) is 2.85. The zero-order valence-corrected chi connectivity index (χ0v) is 20.8. The van der Waals surface area contributed by atoms with E-state index in [9.17, 15) is 19.2 Å². The normalized spacial score (nSPS) is 14.0. The lowest BCUT2D eigenvalue weighted by atomic mass is 10.1. The number of amides is 2. The lowest BCUT2D eigenvalue weighted by Gasteiger charge is -2.15. The zero-order chi connectivity index (χ0) is 24.6. The first kappa shape index (κ1) is 23.9. The molecule has 0 atom stereocenters. The summed E-state index contributed by atoms with van der Waals surface area (Å²) in [5.41, 5.74) is 0.967. The molecule has 34 heavy (non-hydrogen) atoms. The van der Waals surface area contributed by atoms with Gasteiger partial charge >= 0.3 is 5.69 Å². The number of nitrogens with one attached hydrogen (secondary N) is 1. The van der Waals surface area contributed by atoms with Crippen LogP contribution in [0.2, 0.25) is 0 Å². The first-order valence-electron chi connectivity index (χ1n) is 11.6. The molecule has 4 rings (SSSR count). The van der Waals surface area contributed by atoms with Crippen molar-refractivity contribution in [1.82, 2.24) is 19.4 Å². The van der Waals surface area contributed by atoms with Crippen molar-refractivity contribution in [1.29, 1.82) is 0 Å². The Balaban J connectivity index is 1.92. The smallest absolute Gasteiger partial charge is 0.337 e. The maximum absolute atomic E-state index is 13.6. The standard InChI is InChI=1S/C25H30N4O4S/c1-5-16-10-12-18(13-11-16)29-22(31)20-15(2)21(23(32)27(3)4)34-24(20)28(25(29)33)14-19(30)26-17-8-6-7-9-17/h10-13,17H,5-9,14H2,1-4H3,(H,26,30). The van der Waals surface area contributed by atoms with E-state index in [-0.39, 0.29) is 24.4 Å². The monoisotopic (exact) mass is 482 g/mol. The molecule has 0 radical (unpaired) electrons. The summed E-state index contributed by atoms with van der Waals surface area (Å²) >= 11 is 1.09. The Morgan fingerprint density at radius 2 is 1.76 bits per heavy atom. The van der Waals surface area contributed by atoms with Gasteiger partial charge in [-0.2, -0.15) is 0 Å². The van der Waals surface area contributed by atoms with Crippen molar-refractivity contribution < 1.29 is 9.59 Å². The van der Waals surface area contributed by atoms with Gasteiger partial charge < -0.3 is 10.2 Å². The molecule has 1 N–H and O–H groups in total. The molecule has 1 aliphatic carbocycles. The Bertz CT molecular complexity index is 1360. The van der Waals surface area contributed by atoms with Gasteiger partial charge in [-0.05, 0) is 49.4 Å². The minimum atomic E-state index is -0.589. The molecule has 0 unspecified atom stereocenters. The third-order valence-electron chi connectivity index (χ3n) is 6.44. The summed E-state index contributed by atoms with van der Waals surface area (Å²) in [6.45, 7) is 3.53. The molecule has 0 saturated heterocycles. The highest BCUT2D eigenvalue weighted by molar-refractivity contribution is 7.20. The van der Waals surface area contributed by atoms with Gasteiger partial charge in [0.2, 0.25) is 5.91 Å². The molecule has 2 amide bonds. The fourth-order valence-electron chi connectivity index (χ4n) is 4.49. The molecular weight excluding hydrogens is 452 g/mol. The highest BCUT2D eigenvalue weighted by Gasteiger charge is 2.26. The van der Waals surface area contributed by atoms with Crippen LogP contribution in [0.5, 0.6) is 0 Å². The Kier molecular flexibility index (Phi) is 6.74. The highest BCUT2D eigenvalue weighted by atomic mass is 32.1. The van der Waals surface area contributed by atoms with Gasteiger partial charge in [-0.15, -0.1) is 11.3 Å². The summed E-state index contributed by atoms with van der Waals surface area (Å²) in [5, 5.41) is 3.31. The van der Waals surface area contributed by atoms with Crippen molar-refractivity contribution in [3.05, 3.63) is 61.1 Å². The van der Waals surface area contributed by atoms with Crippen LogP contribution in [0.1, 0.15) is 53.4 Å². The Morgan fingerprint density at radius 3 is 2.35 bits per heavy atom. The van der Waals surface area contributed by atoms with Crippen LogP contribution in [0.4, 0.5) is 0 Å². The van der Waals surface area contributed by atoms with Crippen LogP contribution in [0.3, 0.4) is 0 Å². The van der Waals surface area contributed by atoms with Crippen molar-refractivity contribution in [3.8, 4) is 5.69 Å². The molecule has 0 spiro atoms. The van der Waals surface area contributed by atoms with Crippen LogP contribution in [0.15, 0.2) is 33.9 Å². The van der Waals surface area contributed by atoms with Crippen LogP contribution < -0.4 is 16.6 Å². The van der Waals surface area contributed by atoms with E-state index in [1.165, 1.54) is 9.47 Å². The number of carbonyl (C=O) groups excluding carboxylic acids is 2. The number of nitrogens with zero attached hydrogens (tertiary/aromatic N) is 3. The highest BCUT2D eigenvalue weighted by Crippen LogP contribution is 2.29. The molecule has 1 saturated carbocycles. The van der Waals surface area contributed by atoms with Gasteiger partial charge in [0.25, 0.3) is 11.5 Å². The van der Waals surface area contributed by atoms with Crippen molar-refractivity contribution >= 4 is 33.4 Å². The van der Waals surface area contributed by atoms with Gasteiger partial charge in [-0.3, -0.25) is 19.0 Å². The number of aryl methyl sites for hydroxylation is 2. The van der Waals surface area contributed by atoms with Crippen molar-refractivity contribution in [2.75, 3.05) is 14.1 Å². The summed E-state index contributed by atoms with van der Waals surface area (Å²) in [7, 11) is 3.28. The number of thiophene rings is 1. The van der Waals surface area contributed by atoms with Crippen molar-refractivity contribution in [2.24, 2.45) is 0 Å². The molecule has 2 heterocycles. The fraction of sp³-hybridized carbons (Fsp3) is 0.440. The molecule has 1 aromatic carbocycles. The first-order chi connectivity index (χ1) is 16.2. The van der Waals surface area contributed by atoms with Crippen molar-refractivity contribution in [3.63, 3.8) is 0 Å². The third-order valence-corrected chi connectivity index (χ3v) is 7.74. The second kappa shape index (κ2) is 9.58. The quantitative estimate of drug-likeness (QED) is 0.585. The predicted molar refractivity (Wildman–Crippen MR) is 134 cm³/mol. The number of aromatic nitrogens is 2. The summed E-state index contributed by atoms with van der Waals surface area (Å²) in [4.78, 5) is 55.0. The second-order valence-corrected chi connectivity index (χ2v) is 10.0. The number of benzene rings is 1. The van der Waals surface area contributed by atoms with Gasteiger partial charge in [-0.25, -0.2) is 9.36 Å². The van der Waals surface area contributed by atoms with E-state index in [0.29, 0.717) is 26.3 Å². The van der Waals surface area contributed by atoms with Crippen LogP contribution in [0.25, 0.3) is 15.9 Å². The van der Waals surface area contributed by atoms with E-state index in [4.69, 9.17) is 0 Å². The average Bonchev–Trinajstić information content (AvgIpc) is 3.44. The largest absolute Gasteiger partial charge is 0.352 e. The fourth-order valence-corrected chi connectivity index (χ4v) is 5.80. The number of fused-ring (bicyclic) bond motifs is 1. The molecule has 1 aliphatic rings. The van der Waals surface area contributed by atoms with Crippen LogP contribution >= 0.6 is 11.3 Å². The third kappa shape index (κ3) is 4.32. The lowest BCUT2D eigenvalue weighted by Crippen LogP contribution is -2.43. The minimum Gasteiger partial charge on any atom is -0.352 e. The molecule has 0 bridgehead atoms. The minimum absolute atomic E-state index is 0.113. The molecule has 180 valence electrons. The van der Waals surface area contributed by atoms with E-state index in [1.54, 1.807) is 33.2 Å². The van der Waals surface area contributed by atoms with Gasteiger partial charge in [0.1, 0.15) is 11.4 Å². The molecule has 8 nitrogen and oxygen atoms in total. The second-order valence-electron chi connectivity index (χ2n) is 9.01. The first-order valence-corrected chi connectivity index (χ1v) is 12.4. The van der Waals surface area contributed by atoms with Crippen LogP contribution in [-0.4, -0.2) is 46.0 Å². The number of carbonyl (C=O) groups is 2. The summed E-state index contributed by atoms with van der Waals surface area (Å²) < 4.78 is 2.44. The van der Waals surface area contributed by atoms with E-state index in [1.807, 2.05) is 19.1 Å². The maximum Gasteiger partial charge on any atom is 0.337 e. The van der Waals surface area contributed by atoms with E-state index in [0.717, 1.165) is 53.6 Å². The maximum atomic E-state index is 13.6. The SMILES string of the molecule is CCc1ccc(-n2c(=O)c3c(C)c(C(=O)N(C)C)sc3n(CC(=O)NC3CCCC3)c2=O)cc1. The summed E-state index contributed by atoms with van der Waals surface area (Å²) in [5.74, 6) is -0.514. The van der Waals surface area contributed by atoms with Crippen LogP contribution in [0, 0.1) is 6.92 Å². The van der Waals surface area contributed by atoms with E-state index in [2.05, 4.69) is 5.32 Å². The van der Waals surface area contributed by atoms with E-state index >= 15 is 0 Å². The Hall–Kier alpha value is -3.20. The zero-order valence-electron chi connectivity index (χ0n) is 20.0. The average molecular weight is 483 g/mol. The van der Waals surface area contributed by atoms with Crippen molar-refractivity contribution in [2.45, 2.75) is 58.5 Å². The van der Waals surface area contributed by atoms with Gasteiger partial charge in [0, 0.05) is 20.1 Å². The summed E-state index contributed by atoms with van der Waals surface area (Å²) in [6.07, 6.45) is 4.85. The van der Waals surface area contributed by atoms with Gasteiger partial charge in [-0.1, -0.05) is 31.9 Å². The Morgan fingerprint density at radius 1 is 1.12 bits per heavy atom. The topological polar surface area (TPSA) is 93.4 Å². The molecule has 0 aliphatic heterocycles. The van der Waals surface area contributed by atoms with Gasteiger partial charge in [0.05, 0.1) is 16.0 Å². The molecule has 3 aromatic rings. The molecule has 1 fully saturated rings. The molecule has 2 aromatic heterocycles. The number of hydrogen-bond donors (Lipinski definition) is 1. The van der Waals surface area contributed by atoms with E-state index < -0.39 is 11.2 Å². The number of rotatable bonds is 6.